The molecule has 9 heteroatoms. The van der Waals surface area contributed by atoms with Crippen molar-refractivity contribution in [2.45, 2.75) is 26.4 Å². The van der Waals surface area contributed by atoms with Gasteiger partial charge in [0.25, 0.3) is 5.91 Å². The van der Waals surface area contributed by atoms with Gasteiger partial charge in [0.05, 0.1) is 0 Å². The predicted molar refractivity (Wildman–Crippen MR) is 100 cm³/mol. The molecule has 4 rings (SSSR count). The number of nitrogens with zero attached hydrogens (tertiary/aromatic N) is 5. The molecule has 0 saturated carbocycles. The van der Waals surface area contributed by atoms with Crippen LogP contribution in [-0.4, -0.2) is 43.5 Å². The summed E-state index contributed by atoms with van der Waals surface area (Å²) in [5.41, 5.74) is 3.20. The van der Waals surface area contributed by atoms with E-state index in [2.05, 4.69) is 32.3 Å². The lowest BCUT2D eigenvalue weighted by Gasteiger charge is -2.28. The molecule has 0 aliphatic carbocycles. The minimum Gasteiger partial charge on any atom is -0.334 e. The Balaban J connectivity index is 1.50. The van der Waals surface area contributed by atoms with Crippen molar-refractivity contribution in [1.82, 2.24) is 25.1 Å². The van der Waals surface area contributed by atoms with E-state index in [-0.39, 0.29) is 18.4 Å². The standard InChI is InChI=1S/C18H18N6O2S/c1-12-14(18(26)23-7-5-16-13(9-23)6-8-27-16)3-2-4-15(12)20-17(25)10-24-11-19-21-22-24/h2-4,6,8,11H,5,7,9-10H2,1H3,(H,20,25). The van der Waals surface area contributed by atoms with Crippen molar-refractivity contribution in [2.24, 2.45) is 0 Å². The highest BCUT2D eigenvalue weighted by Crippen LogP contribution is 2.27. The summed E-state index contributed by atoms with van der Waals surface area (Å²) in [6.45, 7) is 3.20. The van der Waals surface area contributed by atoms with Gasteiger partial charge in [0.15, 0.2) is 0 Å². The molecule has 1 aromatic carbocycles. The molecular formula is C18H18N6O2S. The fraction of sp³-hybridized carbons (Fsp3) is 0.278. The second-order valence-electron chi connectivity index (χ2n) is 6.38. The Morgan fingerprint density at radius 3 is 3.00 bits per heavy atom. The molecule has 138 valence electrons. The zero-order valence-corrected chi connectivity index (χ0v) is 15.6. The van der Waals surface area contributed by atoms with Gasteiger partial charge in [-0.2, -0.15) is 0 Å². The largest absolute Gasteiger partial charge is 0.334 e. The molecule has 27 heavy (non-hydrogen) atoms. The van der Waals surface area contributed by atoms with Crippen LogP contribution >= 0.6 is 11.3 Å². The number of anilines is 1. The van der Waals surface area contributed by atoms with Crippen LogP contribution in [-0.2, 0) is 24.3 Å². The quantitative estimate of drug-likeness (QED) is 0.744. The first-order chi connectivity index (χ1) is 13.1. The number of carbonyl (C=O) groups is 2. The molecule has 0 bridgehead atoms. The summed E-state index contributed by atoms with van der Waals surface area (Å²) in [7, 11) is 0. The second kappa shape index (κ2) is 7.28. The normalized spacial score (nSPS) is 13.3. The molecule has 1 aliphatic heterocycles. The average Bonchev–Trinajstić information content (AvgIpc) is 3.33. The van der Waals surface area contributed by atoms with Gasteiger partial charge in [-0.15, -0.1) is 16.4 Å². The Morgan fingerprint density at radius 1 is 1.30 bits per heavy atom. The smallest absolute Gasteiger partial charge is 0.254 e. The molecule has 1 aliphatic rings. The van der Waals surface area contributed by atoms with Crippen LogP contribution in [0.2, 0.25) is 0 Å². The van der Waals surface area contributed by atoms with E-state index >= 15 is 0 Å². The molecule has 0 spiro atoms. The minimum absolute atomic E-state index is 0.0116. The number of benzene rings is 1. The van der Waals surface area contributed by atoms with Gasteiger partial charge in [-0.25, -0.2) is 4.68 Å². The van der Waals surface area contributed by atoms with E-state index in [0.717, 1.165) is 12.0 Å². The summed E-state index contributed by atoms with van der Waals surface area (Å²) in [5, 5.41) is 15.6. The highest BCUT2D eigenvalue weighted by Gasteiger charge is 2.24. The highest BCUT2D eigenvalue weighted by atomic mass is 32.1. The Hall–Kier alpha value is -3.07. The summed E-state index contributed by atoms with van der Waals surface area (Å²) >= 11 is 1.75. The lowest BCUT2D eigenvalue weighted by molar-refractivity contribution is -0.116. The third-order valence-corrected chi connectivity index (χ3v) is 5.65. The van der Waals surface area contributed by atoms with Crippen molar-refractivity contribution in [3.05, 3.63) is 57.5 Å². The molecule has 2 amide bonds. The molecule has 2 aromatic heterocycles. The van der Waals surface area contributed by atoms with Crippen LogP contribution in [0.4, 0.5) is 5.69 Å². The molecule has 0 fully saturated rings. The number of nitrogens with one attached hydrogen (secondary N) is 1. The van der Waals surface area contributed by atoms with Crippen molar-refractivity contribution in [3.63, 3.8) is 0 Å². The zero-order chi connectivity index (χ0) is 18.8. The molecule has 3 heterocycles. The number of aromatic nitrogens is 4. The number of carbonyl (C=O) groups excluding carboxylic acids is 2. The number of rotatable bonds is 4. The van der Waals surface area contributed by atoms with E-state index < -0.39 is 0 Å². The monoisotopic (exact) mass is 382 g/mol. The first kappa shape index (κ1) is 17.3. The third-order valence-electron chi connectivity index (χ3n) is 4.63. The topological polar surface area (TPSA) is 93.0 Å². The first-order valence-electron chi connectivity index (χ1n) is 8.56. The van der Waals surface area contributed by atoms with Crippen LogP contribution in [0.3, 0.4) is 0 Å². The van der Waals surface area contributed by atoms with E-state index in [1.807, 2.05) is 11.8 Å². The van der Waals surface area contributed by atoms with Crippen molar-refractivity contribution in [1.29, 1.82) is 0 Å². The maximum absolute atomic E-state index is 13.0. The number of hydrogen-bond acceptors (Lipinski definition) is 6. The molecule has 0 radical (unpaired) electrons. The highest BCUT2D eigenvalue weighted by molar-refractivity contribution is 7.10. The second-order valence-corrected chi connectivity index (χ2v) is 7.38. The average molecular weight is 382 g/mol. The van der Waals surface area contributed by atoms with Gasteiger partial charge >= 0.3 is 0 Å². The van der Waals surface area contributed by atoms with Gasteiger partial charge < -0.3 is 10.2 Å². The van der Waals surface area contributed by atoms with E-state index in [1.54, 1.807) is 29.5 Å². The number of tetrazole rings is 1. The van der Waals surface area contributed by atoms with Crippen molar-refractivity contribution < 1.29 is 9.59 Å². The predicted octanol–water partition coefficient (Wildman–Crippen LogP) is 1.88. The van der Waals surface area contributed by atoms with Crippen molar-refractivity contribution >= 4 is 28.8 Å². The first-order valence-corrected chi connectivity index (χ1v) is 9.44. The van der Waals surface area contributed by atoms with Crippen LogP contribution < -0.4 is 5.32 Å². The molecule has 8 nitrogen and oxygen atoms in total. The zero-order valence-electron chi connectivity index (χ0n) is 14.8. The summed E-state index contributed by atoms with van der Waals surface area (Å²) in [4.78, 5) is 28.5. The van der Waals surface area contributed by atoms with Crippen LogP contribution in [0.5, 0.6) is 0 Å². The number of hydrogen-bond donors (Lipinski definition) is 1. The molecular weight excluding hydrogens is 364 g/mol. The van der Waals surface area contributed by atoms with Crippen LogP contribution in [0.25, 0.3) is 0 Å². The number of amides is 2. The summed E-state index contributed by atoms with van der Waals surface area (Å²) < 4.78 is 1.34. The van der Waals surface area contributed by atoms with Crippen LogP contribution in [0.1, 0.15) is 26.4 Å². The summed E-state index contributed by atoms with van der Waals surface area (Å²) in [6, 6.07) is 7.46. The van der Waals surface area contributed by atoms with Crippen LogP contribution in [0.15, 0.2) is 36.0 Å². The van der Waals surface area contributed by atoms with Gasteiger partial charge in [0, 0.05) is 29.2 Å². The minimum atomic E-state index is -0.254. The number of thiophene rings is 1. The fourth-order valence-electron chi connectivity index (χ4n) is 3.18. The Kier molecular flexibility index (Phi) is 4.68. The van der Waals surface area contributed by atoms with E-state index in [0.29, 0.717) is 24.3 Å². The Bertz CT molecular complexity index is 982. The van der Waals surface area contributed by atoms with E-state index in [1.165, 1.54) is 21.4 Å². The van der Waals surface area contributed by atoms with Gasteiger partial charge in [-0.1, -0.05) is 6.07 Å². The molecule has 3 aromatic rings. The van der Waals surface area contributed by atoms with Gasteiger partial charge in [0.1, 0.15) is 12.9 Å². The fourth-order valence-corrected chi connectivity index (χ4v) is 4.07. The van der Waals surface area contributed by atoms with E-state index in [9.17, 15) is 9.59 Å². The number of fused-ring (bicyclic) bond motifs is 1. The van der Waals surface area contributed by atoms with Crippen molar-refractivity contribution in [3.8, 4) is 0 Å². The maximum Gasteiger partial charge on any atom is 0.254 e. The van der Waals surface area contributed by atoms with Gasteiger partial charge in [-0.05, 0) is 58.5 Å². The lowest BCUT2D eigenvalue weighted by Crippen LogP contribution is -2.35. The third kappa shape index (κ3) is 3.59. The van der Waals surface area contributed by atoms with Gasteiger partial charge in [0.2, 0.25) is 5.91 Å². The lowest BCUT2D eigenvalue weighted by atomic mass is 10.0. The Morgan fingerprint density at radius 2 is 2.19 bits per heavy atom. The van der Waals surface area contributed by atoms with E-state index in [4.69, 9.17) is 0 Å². The SMILES string of the molecule is Cc1c(NC(=O)Cn2cnnn2)cccc1C(=O)N1CCc2sccc2C1. The maximum atomic E-state index is 13.0. The van der Waals surface area contributed by atoms with Gasteiger partial charge in [-0.3, -0.25) is 9.59 Å². The Labute approximate surface area is 159 Å². The van der Waals surface area contributed by atoms with Crippen LogP contribution in [0, 0.1) is 6.92 Å². The molecule has 0 unspecified atom stereocenters. The van der Waals surface area contributed by atoms with Crippen molar-refractivity contribution in [2.75, 3.05) is 11.9 Å². The summed E-state index contributed by atoms with van der Waals surface area (Å²) in [6.07, 6.45) is 2.27. The molecule has 1 N–H and O–H groups in total. The molecule has 0 saturated heterocycles. The molecule has 0 atom stereocenters. The summed E-state index contributed by atoms with van der Waals surface area (Å²) in [5.74, 6) is -0.267.